The first-order chi connectivity index (χ1) is 14.0. The topological polar surface area (TPSA) is 105 Å². The number of nitrogens with one attached hydrogen (secondary N) is 1. The molecule has 1 saturated carbocycles. The van der Waals surface area contributed by atoms with Crippen molar-refractivity contribution in [2.75, 3.05) is 26.9 Å². The van der Waals surface area contributed by atoms with Gasteiger partial charge in [-0.3, -0.25) is 9.69 Å². The molecular weight excluding hydrogens is 394 g/mol. The molecule has 2 heterocycles. The Hall–Kier alpha value is -2.07. The molecule has 1 aliphatic carbocycles. The number of hydrogen-bond acceptors (Lipinski definition) is 8. The highest BCUT2D eigenvalue weighted by Crippen LogP contribution is 2.30. The van der Waals surface area contributed by atoms with Gasteiger partial charge in [-0.2, -0.15) is 0 Å². The molecule has 0 radical (unpaired) electrons. The molecule has 8 nitrogen and oxygen atoms in total. The maximum absolute atomic E-state index is 12.7. The molecule has 0 amide bonds. The van der Waals surface area contributed by atoms with E-state index < -0.39 is 12.1 Å². The number of H-pyrrole nitrogens is 1. The molecule has 2 aromatic rings. The summed E-state index contributed by atoms with van der Waals surface area (Å²) in [4.78, 5) is 35.3. The summed E-state index contributed by atoms with van der Waals surface area (Å²) in [6.07, 6.45) is 3.66. The summed E-state index contributed by atoms with van der Waals surface area (Å²) < 4.78 is 10.2. The van der Waals surface area contributed by atoms with Gasteiger partial charge in [0.15, 0.2) is 0 Å². The Labute approximate surface area is 173 Å². The number of fused-ring (bicyclic) bond motifs is 1. The minimum absolute atomic E-state index is 0.228. The van der Waals surface area contributed by atoms with E-state index in [1.807, 2.05) is 6.92 Å². The van der Waals surface area contributed by atoms with Gasteiger partial charge in [0.05, 0.1) is 38.4 Å². The molecule has 1 fully saturated rings. The molecule has 1 aliphatic rings. The molecule has 1 atom stereocenters. The number of hydrogen-bond donors (Lipinski definition) is 2. The zero-order chi connectivity index (χ0) is 21.0. The summed E-state index contributed by atoms with van der Waals surface area (Å²) in [6.45, 7) is 6.96. The molecule has 9 heteroatoms. The number of thiophene rings is 1. The minimum Gasteiger partial charge on any atom is -0.465 e. The van der Waals surface area contributed by atoms with Gasteiger partial charge < -0.3 is 19.6 Å². The summed E-state index contributed by atoms with van der Waals surface area (Å²) >= 11 is 1.19. The van der Waals surface area contributed by atoms with Gasteiger partial charge in [0, 0.05) is 12.6 Å². The van der Waals surface area contributed by atoms with Gasteiger partial charge in [0.25, 0.3) is 5.56 Å². The number of methoxy groups -OCH3 is 1. The summed E-state index contributed by atoms with van der Waals surface area (Å²) in [7, 11) is 1.33. The van der Waals surface area contributed by atoms with E-state index in [9.17, 15) is 14.7 Å². The Kier molecular flexibility index (Phi) is 7.18. The van der Waals surface area contributed by atoms with Crippen LogP contribution in [0.2, 0.25) is 0 Å². The third kappa shape index (κ3) is 5.11. The largest absolute Gasteiger partial charge is 0.465 e. The maximum Gasteiger partial charge on any atom is 0.348 e. The van der Waals surface area contributed by atoms with E-state index in [0.717, 1.165) is 12.8 Å². The first-order valence-corrected chi connectivity index (χ1v) is 10.5. The molecule has 0 bridgehead atoms. The van der Waals surface area contributed by atoms with Gasteiger partial charge in [0.1, 0.15) is 15.5 Å². The zero-order valence-corrected chi connectivity index (χ0v) is 17.6. The second-order valence-electron chi connectivity index (χ2n) is 7.09. The van der Waals surface area contributed by atoms with Gasteiger partial charge in [-0.15, -0.1) is 17.9 Å². The lowest BCUT2D eigenvalue weighted by atomic mass is 10.1. The van der Waals surface area contributed by atoms with Gasteiger partial charge in [-0.05, 0) is 24.8 Å². The van der Waals surface area contributed by atoms with Crippen molar-refractivity contribution in [1.82, 2.24) is 14.9 Å². The summed E-state index contributed by atoms with van der Waals surface area (Å²) in [5.41, 5.74) is 0.421. The lowest BCUT2D eigenvalue weighted by Gasteiger charge is -2.24. The van der Waals surface area contributed by atoms with E-state index >= 15 is 0 Å². The Morgan fingerprint density at radius 1 is 1.52 bits per heavy atom. The van der Waals surface area contributed by atoms with Crippen LogP contribution in [0, 0.1) is 0 Å². The van der Waals surface area contributed by atoms with Crippen LogP contribution in [0.4, 0.5) is 0 Å². The first-order valence-electron chi connectivity index (χ1n) is 9.72. The van der Waals surface area contributed by atoms with Crippen molar-refractivity contribution in [1.29, 1.82) is 0 Å². The average molecular weight is 422 g/mol. The second kappa shape index (κ2) is 9.62. The van der Waals surface area contributed by atoms with Crippen LogP contribution < -0.4 is 5.56 Å². The number of aromatic nitrogens is 2. The number of rotatable bonds is 11. The number of aromatic amines is 1. The lowest BCUT2D eigenvalue weighted by molar-refractivity contribution is 0.0222. The maximum atomic E-state index is 12.7. The SMILES string of the molecule is C=CCOC[C@@H](O)CN(Cc1nc2sc(C(=O)OC)c(CC)c2c(=O)[nH]1)C1CC1. The van der Waals surface area contributed by atoms with Crippen LogP contribution in [-0.4, -0.2) is 65.0 Å². The Balaban J connectivity index is 1.82. The van der Waals surface area contributed by atoms with E-state index in [1.165, 1.54) is 18.4 Å². The van der Waals surface area contributed by atoms with E-state index in [2.05, 4.69) is 21.4 Å². The minimum atomic E-state index is -0.634. The number of carbonyl (C=O) groups is 1. The zero-order valence-electron chi connectivity index (χ0n) is 16.8. The molecule has 0 spiro atoms. The fraction of sp³-hybridized carbons (Fsp3) is 0.550. The highest BCUT2D eigenvalue weighted by Gasteiger charge is 2.31. The van der Waals surface area contributed by atoms with E-state index in [0.29, 0.717) is 58.6 Å². The Morgan fingerprint density at radius 3 is 2.90 bits per heavy atom. The van der Waals surface area contributed by atoms with Crippen molar-refractivity contribution in [3.63, 3.8) is 0 Å². The standard InChI is InChI=1S/C20H27N3O5S/c1-4-8-28-11-13(24)9-23(12-6-7-12)10-15-21-18(25)16-14(5-2)17(20(26)27-3)29-19(16)22-15/h4,12-13,24H,1,5-11H2,2-3H3,(H,21,22,25)/t13-/m0/s1. The van der Waals surface area contributed by atoms with Crippen molar-refractivity contribution in [2.24, 2.45) is 0 Å². The van der Waals surface area contributed by atoms with Gasteiger partial charge in [0.2, 0.25) is 0 Å². The fourth-order valence-corrected chi connectivity index (χ4v) is 4.57. The van der Waals surface area contributed by atoms with Gasteiger partial charge >= 0.3 is 5.97 Å². The van der Waals surface area contributed by atoms with E-state index in [-0.39, 0.29) is 12.2 Å². The highest BCUT2D eigenvalue weighted by atomic mass is 32.1. The summed E-state index contributed by atoms with van der Waals surface area (Å²) in [5.74, 6) is 0.0713. The normalized spacial score (nSPS) is 15.0. The van der Waals surface area contributed by atoms with Crippen LogP contribution in [0.25, 0.3) is 10.2 Å². The van der Waals surface area contributed by atoms with Crippen LogP contribution in [0.1, 0.15) is 40.8 Å². The van der Waals surface area contributed by atoms with E-state index in [4.69, 9.17) is 9.47 Å². The number of aliphatic hydroxyl groups excluding tert-OH is 1. The second-order valence-corrected chi connectivity index (χ2v) is 8.09. The number of aliphatic hydroxyl groups is 1. The number of carbonyl (C=O) groups excluding carboxylic acids is 1. The van der Waals surface area contributed by atoms with Crippen molar-refractivity contribution >= 4 is 27.5 Å². The Bertz CT molecular complexity index is 934. The third-order valence-electron chi connectivity index (χ3n) is 4.84. The molecule has 0 saturated heterocycles. The molecule has 0 aliphatic heterocycles. The van der Waals surface area contributed by atoms with Crippen molar-refractivity contribution < 1.29 is 19.4 Å². The molecule has 3 rings (SSSR count). The monoisotopic (exact) mass is 421 g/mol. The number of ether oxygens (including phenoxy) is 2. The van der Waals surface area contributed by atoms with E-state index in [1.54, 1.807) is 6.08 Å². The van der Waals surface area contributed by atoms with Crippen molar-refractivity contribution in [3.8, 4) is 0 Å². The molecule has 0 aromatic carbocycles. The highest BCUT2D eigenvalue weighted by molar-refractivity contribution is 7.20. The molecule has 2 N–H and O–H groups in total. The fourth-order valence-electron chi connectivity index (χ4n) is 3.36. The quantitative estimate of drug-likeness (QED) is 0.324. The predicted octanol–water partition coefficient (Wildman–Crippen LogP) is 1.86. The van der Waals surface area contributed by atoms with Gasteiger partial charge in [-0.1, -0.05) is 13.0 Å². The van der Waals surface area contributed by atoms with Crippen LogP contribution in [0.5, 0.6) is 0 Å². The smallest absolute Gasteiger partial charge is 0.348 e. The lowest BCUT2D eigenvalue weighted by Crippen LogP contribution is -2.37. The predicted molar refractivity (Wildman–Crippen MR) is 111 cm³/mol. The summed E-state index contributed by atoms with van der Waals surface area (Å²) in [5, 5.41) is 10.7. The number of esters is 1. The van der Waals surface area contributed by atoms with Crippen LogP contribution in [0.15, 0.2) is 17.4 Å². The first kappa shape index (κ1) is 21.6. The van der Waals surface area contributed by atoms with Crippen LogP contribution in [-0.2, 0) is 22.4 Å². The molecular formula is C20H27N3O5S. The Morgan fingerprint density at radius 2 is 2.28 bits per heavy atom. The van der Waals surface area contributed by atoms with Crippen molar-refractivity contribution in [3.05, 3.63) is 39.3 Å². The van der Waals surface area contributed by atoms with Crippen LogP contribution >= 0.6 is 11.3 Å². The molecule has 158 valence electrons. The third-order valence-corrected chi connectivity index (χ3v) is 5.95. The average Bonchev–Trinajstić information content (AvgIpc) is 3.47. The van der Waals surface area contributed by atoms with Crippen molar-refractivity contribution in [2.45, 2.75) is 44.9 Å². The van der Waals surface area contributed by atoms with Gasteiger partial charge in [-0.25, -0.2) is 9.78 Å². The summed E-state index contributed by atoms with van der Waals surface area (Å²) in [6, 6.07) is 0.366. The molecule has 29 heavy (non-hydrogen) atoms. The molecule has 2 aromatic heterocycles. The van der Waals surface area contributed by atoms with Crippen LogP contribution in [0.3, 0.4) is 0 Å². The molecule has 0 unspecified atom stereocenters. The number of nitrogens with zero attached hydrogens (tertiary/aromatic N) is 2. The number of aryl methyl sites for hydroxylation is 1.